The van der Waals surface area contributed by atoms with Gasteiger partial charge in [-0.1, -0.05) is 41.9 Å². The summed E-state index contributed by atoms with van der Waals surface area (Å²) in [6.07, 6.45) is 0. The number of hydrogen-bond acceptors (Lipinski definition) is 3. The van der Waals surface area contributed by atoms with Crippen molar-refractivity contribution < 1.29 is 4.79 Å². The minimum absolute atomic E-state index is 0.101. The van der Waals surface area contributed by atoms with E-state index in [4.69, 9.17) is 17.3 Å². The average molecular weight is 295 g/mol. The van der Waals surface area contributed by atoms with Gasteiger partial charge in [-0.2, -0.15) is 0 Å². The molecule has 1 aromatic heterocycles. The molecule has 2 N–H and O–H groups in total. The number of amides is 1. The molecule has 0 bridgehead atoms. The predicted octanol–water partition coefficient (Wildman–Crippen LogP) is 3.06. The summed E-state index contributed by atoms with van der Waals surface area (Å²) in [5, 5.41) is 0. The monoisotopic (exact) mass is 294 g/mol. The second-order valence-electron chi connectivity index (χ2n) is 4.29. The van der Waals surface area contributed by atoms with Crippen LogP contribution in [0.3, 0.4) is 0 Å². The van der Waals surface area contributed by atoms with Gasteiger partial charge >= 0.3 is 0 Å². The Hall–Kier alpha value is -1.36. The summed E-state index contributed by atoms with van der Waals surface area (Å²) in [7, 11) is 1.75. The highest BCUT2D eigenvalue weighted by molar-refractivity contribution is 7.16. The van der Waals surface area contributed by atoms with Crippen LogP contribution in [0.25, 0.3) is 0 Å². The molecular weight excluding hydrogens is 280 g/mol. The zero-order valence-corrected chi connectivity index (χ0v) is 12.1. The number of nitrogens with two attached hydrogens (primary N) is 1. The van der Waals surface area contributed by atoms with Gasteiger partial charge in [-0.05, 0) is 17.7 Å². The Morgan fingerprint density at radius 3 is 2.58 bits per heavy atom. The Morgan fingerprint density at radius 1 is 1.32 bits per heavy atom. The highest BCUT2D eigenvalue weighted by Crippen LogP contribution is 2.23. The molecule has 5 heteroatoms. The number of rotatable bonds is 4. The Bertz CT molecular complexity index is 556. The molecule has 0 aliphatic rings. The Morgan fingerprint density at radius 2 is 2.00 bits per heavy atom. The van der Waals surface area contributed by atoms with E-state index in [0.717, 1.165) is 14.8 Å². The number of thiophene rings is 1. The van der Waals surface area contributed by atoms with Crippen molar-refractivity contribution in [2.45, 2.75) is 12.6 Å². The summed E-state index contributed by atoms with van der Waals surface area (Å²) >= 11 is 7.34. The van der Waals surface area contributed by atoms with E-state index in [1.807, 2.05) is 42.5 Å². The van der Waals surface area contributed by atoms with Crippen LogP contribution in [0.2, 0.25) is 4.34 Å². The number of nitrogens with zero attached hydrogens (tertiary/aromatic N) is 1. The molecule has 19 heavy (non-hydrogen) atoms. The third-order valence-electron chi connectivity index (χ3n) is 2.82. The van der Waals surface area contributed by atoms with Crippen molar-refractivity contribution in [3.05, 3.63) is 57.2 Å². The smallest absolute Gasteiger partial charge is 0.244 e. The van der Waals surface area contributed by atoms with E-state index in [1.54, 1.807) is 11.9 Å². The van der Waals surface area contributed by atoms with Crippen LogP contribution in [-0.2, 0) is 11.3 Å². The number of hydrogen-bond donors (Lipinski definition) is 1. The van der Waals surface area contributed by atoms with E-state index in [-0.39, 0.29) is 5.91 Å². The standard InChI is InChI=1S/C14H15ClN2OS/c1-17(9-11-7-8-12(15)19-11)14(18)13(16)10-5-3-2-4-6-10/h2-8,13H,9,16H2,1H3/t13-/m0/s1. The molecular formula is C14H15ClN2OS. The summed E-state index contributed by atoms with van der Waals surface area (Å²) in [5.74, 6) is -0.101. The Balaban J connectivity index is 2.03. The van der Waals surface area contributed by atoms with Crippen molar-refractivity contribution in [1.82, 2.24) is 4.90 Å². The molecule has 1 aromatic carbocycles. The second kappa shape index (κ2) is 6.19. The Kier molecular flexibility index (Phi) is 4.58. The van der Waals surface area contributed by atoms with Crippen molar-refractivity contribution in [3.63, 3.8) is 0 Å². The third kappa shape index (κ3) is 3.56. The lowest BCUT2D eigenvalue weighted by Gasteiger charge is -2.21. The predicted molar refractivity (Wildman–Crippen MR) is 79.2 cm³/mol. The number of likely N-dealkylation sites (N-methyl/N-ethyl adjacent to an activating group) is 1. The summed E-state index contributed by atoms with van der Waals surface area (Å²) < 4.78 is 0.725. The van der Waals surface area contributed by atoms with Gasteiger partial charge in [0.15, 0.2) is 0 Å². The Labute approximate surface area is 121 Å². The molecule has 1 atom stereocenters. The normalized spacial score (nSPS) is 12.2. The summed E-state index contributed by atoms with van der Waals surface area (Å²) in [4.78, 5) is 14.9. The van der Waals surface area contributed by atoms with Crippen LogP contribution in [0.1, 0.15) is 16.5 Å². The molecule has 100 valence electrons. The van der Waals surface area contributed by atoms with Crippen LogP contribution in [0.5, 0.6) is 0 Å². The van der Waals surface area contributed by atoms with E-state index >= 15 is 0 Å². The van der Waals surface area contributed by atoms with Gasteiger partial charge in [0.05, 0.1) is 10.9 Å². The molecule has 0 radical (unpaired) electrons. The zero-order valence-electron chi connectivity index (χ0n) is 10.5. The molecule has 0 unspecified atom stereocenters. The summed E-state index contributed by atoms with van der Waals surface area (Å²) in [6, 6.07) is 12.5. The maximum absolute atomic E-state index is 12.2. The molecule has 2 aromatic rings. The van der Waals surface area contributed by atoms with Gasteiger partial charge in [0, 0.05) is 11.9 Å². The van der Waals surface area contributed by atoms with Crippen molar-refractivity contribution in [2.75, 3.05) is 7.05 Å². The maximum Gasteiger partial charge on any atom is 0.244 e. The molecule has 0 saturated carbocycles. The summed E-state index contributed by atoms with van der Waals surface area (Å²) in [5.41, 5.74) is 6.81. The van der Waals surface area contributed by atoms with E-state index in [0.29, 0.717) is 6.54 Å². The molecule has 0 aliphatic carbocycles. The lowest BCUT2D eigenvalue weighted by Crippen LogP contribution is -2.35. The van der Waals surface area contributed by atoms with Crippen molar-refractivity contribution in [1.29, 1.82) is 0 Å². The molecule has 3 nitrogen and oxygen atoms in total. The lowest BCUT2D eigenvalue weighted by molar-refractivity contribution is -0.131. The largest absolute Gasteiger partial charge is 0.339 e. The minimum Gasteiger partial charge on any atom is -0.339 e. The summed E-state index contributed by atoms with van der Waals surface area (Å²) in [6.45, 7) is 0.525. The third-order valence-corrected chi connectivity index (χ3v) is 4.04. The number of halogens is 1. The van der Waals surface area contributed by atoms with Crippen LogP contribution >= 0.6 is 22.9 Å². The van der Waals surface area contributed by atoms with Crippen LogP contribution in [0.4, 0.5) is 0 Å². The van der Waals surface area contributed by atoms with Crippen molar-refractivity contribution in [3.8, 4) is 0 Å². The van der Waals surface area contributed by atoms with Crippen LogP contribution in [0.15, 0.2) is 42.5 Å². The van der Waals surface area contributed by atoms with Crippen molar-refractivity contribution >= 4 is 28.8 Å². The topological polar surface area (TPSA) is 46.3 Å². The molecule has 0 fully saturated rings. The zero-order chi connectivity index (χ0) is 13.8. The maximum atomic E-state index is 12.2. The first-order chi connectivity index (χ1) is 9.08. The molecule has 1 heterocycles. The number of carbonyl (C=O) groups is 1. The second-order valence-corrected chi connectivity index (χ2v) is 6.09. The van der Waals surface area contributed by atoms with Crippen LogP contribution in [0, 0.1) is 0 Å². The van der Waals surface area contributed by atoms with Gasteiger partial charge in [0.25, 0.3) is 0 Å². The van der Waals surface area contributed by atoms with Crippen LogP contribution < -0.4 is 5.73 Å². The van der Waals surface area contributed by atoms with Gasteiger partial charge in [-0.25, -0.2) is 0 Å². The minimum atomic E-state index is -0.623. The van der Waals surface area contributed by atoms with Gasteiger partial charge < -0.3 is 10.6 Å². The average Bonchev–Trinajstić information content (AvgIpc) is 2.83. The van der Waals surface area contributed by atoms with Gasteiger partial charge in [0.1, 0.15) is 6.04 Å². The molecule has 0 spiro atoms. The van der Waals surface area contributed by atoms with E-state index < -0.39 is 6.04 Å². The SMILES string of the molecule is CN(Cc1ccc(Cl)s1)C(=O)[C@@H](N)c1ccccc1. The molecule has 0 saturated heterocycles. The van der Waals surface area contributed by atoms with E-state index in [2.05, 4.69) is 0 Å². The fraction of sp³-hybridized carbons (Fsp3) is 0.214. The fourth-order valence-corrected chi connectivity index (χ4v) is 2.93. The van der Waals surface area contributed by atoms with Crippen molar-refractivity contribution in [2.24, 2.45) is 5.73 Å². The highest BCUT2D eigenvalue weighted by atomic mass is 35.5. The lowest BCUT2D eigenvalue weighted by atomic mass is 10.1. The number of benzene rings is 1. The molecule has 2 rings (SSSR count). The number of carbonyl (C=O) groups excluding carboxylic acids is 1. The molecule has 0 aliphatic heterocycles. The first-order valence-corrected chi connectivity index (χ1v) is 7.07. The van der Waals surface area contributed by atoms with E-state index in [1.165, 1.54) is 11.3 Å². The van der Waals surface area contributed by atoms with Gasteiger partial charge in [0.2, 0.25) is 5.91 Å². The first-order valence-electron chi connectivity index (χ1n) is 5.87. The molecule has 1 amide bonds. The van der Waals surface area contributed by atoms with E-state index in [9.17, 15) is 4.79 Å². The highest BCUT2D eigenvalue weighted by Gasteiger charge is 2.20. The first kappa shape index (κ1) is 14.1. The van der Waals surface area contributed by atoms with Crippen LogP contribution in [-0.4, -0.2) is 17.9 Å². The van der Waals surface area contributed by atoms with Gasteiger partial charge in [-0.15, -0.1) is 11.3 Å². The quantitative estimate of drug-likeness (QED) is 0.942. The fourth-order valence-electron chi connectivity index (χ4n) is 1.79. The van der Waals surface area contributed by atoms with Gasteiger partial charge in [-0.3, -0.25) is 4.79 Å².